The summed E-state index contributed by atoms with van der Waals surface area (Å²) in [6, 6.07) is 13.0. The number of nitrogens with zero attached hydrogens (tertiary/aromatic N) is 1. The Balaban J connectivity index is 0.00000169. The van der Waals surface area contributed by atoms with Crippen molar-refractivity contribution in [2.75, 3.05) is 11.9 Å². The fourth-order valence-electron chi connectivity index (χ4n) is 2.60. The first-order valence-corrected chi connectivity index (χ1v) is 8.04. The largest absolute Gasteiger partial charge is 0.487 e. The normalized spacial score (nSPS) is 18.3. The Morgan fingerprint density at radius 3 is 2.77 bits per heavy atom. The highest BCUT2D eigenvalue weighted by molar-refractivity contribution is 5.94. The lowest BCUT2D eigenvalue weighted by molar-refractivity contribution is -0.126. The van der Waals surface area contributed by atoms with Crippen LogP contribution in [0.4, 0.5) is 5.69 Å². The number of hydrogen-bond acceptors (Lipinski definition) is 5. The smallest absolute Gasteiger partial charge is 0.253 e. The molecule has 1 aromatic heterocycles. The first-order valence-electron chi connectivity index (χ1n) is 8.04. The molecule has 1 aliphatic rings. The van der Waals surface area contributed by atoms with E-state index in [0.717, 1.165) is 12.1 Å². The number of halogens is 2. The molecule has 0 saturated carbocycles. The number of nitrogens with one attached hydrogen (secondary N) is 1. The summed E-state index contributed by atoms with van der Waals surface area (Å²) in [6.45, 7) is 0.822. The van der Waals surface area contributed by atoms with Gasteiger partial charge in [0.25, 0.3) is 5.91 Å². The zero-order chi connectivity index (χ0) is 16.8. The number of aromatic nitrogens is 1. The predicted octanol–water partition coefficient (Wildman–Crippen LogP) is 2.95. The van der Waals surface area contributed by atoms with Crippen molar-refractivity contribution < 1.29 is 14.3 Å². The molecule has 1 aliphatic heterocycles. The standard InChI is InChI=1S/C18H21N3O3.2ClH/c19-11-16-7-8-17(24-16)18(22)21-13-5-3-6-15(10-13)23-12-14-4-1-2-9-20-14;;/h1-6,9-10,16-17H,7-8,11-12,19H2,(H,21,22);2*1H/t16-,17+;;/m1../s1. The van der Waals surface area contributed by atoms with E-state index in [4.69, 9.17) is 15.2 Å². The highest BCUT2D eigenvalue weighted by atomic mass is 35.5. The number of benzene rings is 1. The average molecular weight is 400 g/mol. The van der Waals surface area contributed by atoms with Gasteiger partial charge in [0.15, 0.2) is 0 Å². The lowest BCUT2D eigenvalue weighted by Gasteiger charge is -2.13. The molecule has 6 nitrogen and oxygen atoms in total. The van der Waals surface area contributed by atoms with E-state index in [9.17, 15) is 4.79 Å². The van der Waals surface area contributed by atoms with Crippen LogP contribution < -0.4 is 15.8 Å². The van der Waals surface area contributed by atoms with Crippen LogP contribution in [0.3, 0.4) is 0 Å². The molecular formula is C18H23Cl2N3O3. The maximum Gasteiger partial charge on any atom is 0.253 e. The maximum atomic E-state index is 12.2. The second-order valence-corrected chi connectivity index (χ2v) is 5.69. The quantitative estimate of drug-likeness (QED) is 0.779. The molecule has 2 aromatic rings. The van der Waals surface area contributed by atoms with Crippen LogP contribution in [0.25, 0.3) is 0 Å². The first kappa shape index (κ1) is 22.2. The molecule has 0 radical (unpaired) electrons. The van der Waals surface area contributed by atoms with E-state index in [1.54, 1.807) is 12.3 Å². The van der Waals surface area contributed by atoms with Crippen LogP contribution in [0.1, 0.15) is 18.5 Å². The lowest BCUT2D eigenvalue weighted by Crippen LogP contribution is -2.29. The third kappa shape index (κ3) is 6.14. The Bertz CT molecular complexity index is 688. The van der Waals surface area contributed by atoms with Gasteiger partial charge in [-0.3, -0.25) is 9.78 Å². The van der Waals surface area contributed by atoms with Gasteiger partial charge in [-0.1, -0.05) is 12.1 Å². The summed E-state index contributed by atoms with van der Waals surface area (Å²) >= 11 is 0. The molecular weight excluding hydrogens is 377 g/mol. The maximum absolute atomic E-state index is 12.2. The predicted molar refractivity (Wildman–Crippen MR) is 105 cm³/mol. The zero-order valence-corrected chi connectivity index (χ0v) is 15.8. The van der Waals surface area contributed by atoms with Crippen LogP contribution in [0, 0.1) is 0 Å². The third-order valence-electron chi connectivity index (χ3n) is 3.88. The third-order valence-corrected chi connectivity index (χ3v) is 3.88. The molecule has 1 aromatic carbocycles. The minimum absolute atomic E-state index is 0. The Kier molecular flexibility index (Phi) is 9.37. The fraction of sp³-hybridized carbons (Fsp3) is 0.333. The van der Waals surface area contributed by atoms with Crippen molar-refractivity contribution in [3.05, 3.63) is 54.4 Å². The van der Waals surface area contributed by atoms with E-state index < -0.39 is 6.10 Å². The van der Waals surface area contributed by atoms with Crippen LogP contribution in [0.5, 0.6) is 5.75 Å². The first-order chi connectivity index (χ1) is 11.7. The van der Waals surface area contributed by atoms with Crippen molar-refractivity contribution >= 4 is 36.4 Å². The summed E-state index contributed by atoms with van der Waals surface area (Å²) in [7, 11) is 0. The topological polar surface area (TPSA) is 86.5 Å². The molecule has 26 heavy (non-hydrogen) atoms. The molecule has 1 amide bonds. The summed E-state index contributed by atoms with van der Waals surface area (Å²) in [6.07, 6.45) is 2.79. The van der Waals surface area contributed by atoms with Crippen molar-refractivity contribution in [3.8, 4) is 5.75 Å². The molecule has 0 aliphatic carbocycles. The Morgan fingerprint density at radius 1 is 1.23 bits per heavy atom. The molecule has 1 saturated heterocycles. The van der Waals surface area contributed by atoms with E-state index >= 15 is 0 Å². The van der Waals surface area contributed by atoms with Crippen LogP contribution in [-0.4, -0.2) is 29.6 Å². The van der Waals surface area contributed by atoms with Gasteiger partial charge in [0, 0.05) is 24.5 Å². The monoisotopic (exact) mass is 399 g/mol. The molecule has 2 atom stereocenters. The van der Waals surface area contributed by atoms with Crippen LogP contribution in [0.15, 0.2) is 48.7 Å². The minimum Gasteiger partial charge on any atom is -0.487 e. The molecule has 2 heterocycles. The molecule has 0 spiro atoms. The summed E-state index contributed by atoms with van der Waals surface area (Å²) in [5.74, 6) is 0.526. The number of carbonyl (C=O) groups excluding carboxylic acids is 1. The minimum atomic E-state index is -0.434. The van der Waals surface area contributed by atoms with Crippen molar-refractivity contribution in [1.29, 1.82) is 0 Å². The highest BCUT2D eigenvalue weighted by Gasteiger charge is 2.29. The zero-order valence-electron chi connectivity index (χ0n) is 14.2. The summed E-state index contributed by atoms with van der Waals surface area (Å²) in [5.41, 5.74) is 7.10. The number of amides is 1. The Hall–Kier alpha value is -1.86. The summed E-state index contributed by atoms with van der Waals surface area (Å²) in [4.78, 5) is 16.4. The number of rotatable bonds is 6. The van der Waals surface area contributed by atoms with Crippen LogP contribution in [0.2, 0.25) is 0 Å². The van der Waals surface area contributed by atoms with E-state index in [1.165, 1.54) is 0 Å². The van der Waals surface area contributed by atoms with Crippen molar-refractivity contribution in [2.45, 2.75) is 31.7 Å². The highest BCUT2D eigenvalue weighted by Crippen LogP contribution is 2.22. The SMILES string of the molecule is Cl.Cl.NC[C@H]1CC[C@@H](C(=O)Nc2cccc(OCc3ccccn3)c2)O1. The van der Waals surface area contributed by atoms with Crippen LogP contribution >= 0.6 is 24.8 Å². The Morgan fingerprint density at radius 2 is 2.08 bits per heavy atom. The Labute approximate surface area is 165 Å². The second kappa shape index (κ2) is 11.0. The molecule has 8 heteroatoms. The molecule has 0 bridgehead atoms. The van der Waals surface area contributed by atoms with E-state index in [1.807, 2.05) is 36.4 Å². The van der Waals surface area contributed by atoms with Crippen LogP contribution in [-0.2, 0) is 16.1 Å². The molecule has 1 fully saturated rings. The van der Waals surface area contributed by atoms with Gasteiger partial charge >= 0.3 is 0 Å². The molecule has 0 unspecified atom stereocenters. The van der Waals surface area contributed by atoms with Crippen molar-refractivity contribution in [3.63, 3.8) is 0 Å². The van der Waals surface area contributed by atoms with Gasteiger partial charge < -0.3 is 20.5 Å². The fourth-order valence-corrected chi connectivity index (χ4v) is 2.60. The summed E-state index contributed by atoms with van der Waals surface area (Å²) in [5, 5.41) is 2.87. The summed E-state index contributed by atoms with van der Waals surface area (Å²) < 4.78 is 11.3. The number of pyridine rings is 1. The van der Waals surface area contributed by atoms with E-state index in [2.05, 4.69) is 10.3 Å². The van der Waals surface area contributed by atoms with Crippen molar-refractivity contribution in [2.24, 2.45) is 5.73 Å². The van der Waals surface area contributed by atoms with Gasteiger partial charge in [0.2, 0.25) is 0 Å². The number of nitrogens with two attached hydrogens (primary N) is 1. The molecule has 3 N–H and O–H groups in total. The lowest BCUT2D eigenvalue weighted by atomic mass is 10.2. The van der Waals surface area contributed by atoms with Gasteiger partial charge in [-0.25, -0.2) is 0 Å². The van der Waals surface area contributed by atoms with Gasteiger partial charge in [0.1, 0.15) is 18.5 Å². The average Bonchev–Trinajstić information content (AvgIpc) is 3.11. The number of ether oxygens (including phenoxy) is 2. The second-order valence-electron chi connectivity index (χ2n) is 5.69. The molecule has 142 valence electrons. The van der Waals surface area contributed by atoms with Gasteiger partial charge in [-0.2, -0.15) is 0 Å². The van der Waals surface area contributed by atoms with E-state index in [0.29, 0.717) is 31.0 Å². The van der Waals surface area contributed by atoms with Crippen molar-refractivity contribution in [1.82, 2.24) is 4.98 Å². The number of carbonyl (C=O) groups is 1. The van der Waals surface area contributed by atoms with Gasteiger partial charge in [-0.15, -0.1) is 24.8 Å². The number of anilines is 1. The van der Waals surface area contributed by atoms with Gasteiger partial charge in [-0.05, 0) is 37.1 Å². The van der Waals surface area contributed by atoms with Gasteiger partial charge in [0.05, 0.1) is 11.8 Å². The van der Waals surface area contributed by atoms with E-state index in [-0.39, 0.29) is 36.8 Å². The molecule has 3 rings (SSSR count). The number of hydrogen-bond donors (Lipinski definition) is 2.